The Bertz CT molecular complexity index is 923. The molecule has 0 aliphatic heterocycles. The normalized spacial score (nSPS) is 10.3. The minimum Gasteiger partial charge on any atom is -0.481 e. The van der Waals surface area contributed by atoms with E-state index in [1.165, 1.54) is 13.3 Å². The summed E-state index contributed by atoms with van der Waals surface area (Å²) in [4.78, 5) is 28.2. The van der Waals surface area contributed by atoms with Crippen molar-refractivity contribution in [3.63, 3.8) is 0 Å². The lowest BCUT2D eigenvalue weighted by molar-refractivity contribution is -0.116. The number of hydrogen-bond acceptors (Lipinski definition) is 4. The second-order valence-electron chi connectivity index (χ2n) is 5.71. The van der Waals surface area contributed by atoms with Gasteiger partial charge in [-0.3, -0.25) is 9.59 Å². The molecule has 1 heterocycles. The van der Waals surface area contributed by atoms with Gasteiger partial charge in [0, 0.05) is 24.6 Å². The van der Waals surface area contributed by atoms with Crippen LogP contribution in [-0.4, -0.2) is 30.5 Å². The molecule has 0 saturated carbocycles. The first-order valence-corrected chi connectivity index (χ1v) is 8.22. The van der Waals surface area contributed by atoms with Crippen LogP contribution in [0.5, 0.6) is 5.88 Å². The van der Waals surface area contributed by atoms with Crippen LogP contribution in [0.4, 0.5) is 5.69 Å². The molecule has 0 bridgehead atoms. The molecule has 2 N–H and O–H groups in total. The van der Waals surface area contributed by atoms with Crippen molar-refractivity contribution in [1.29, 1.82) is 0 Å². The third kappa shape index (κ3) is 4.36. The number of methoxy groups -OCH3 is 1. The summed E-state index contributed by atoms with van der Waals surface area (Å²) >= 11 is 0. The number of aromatic nitrogens is 1. The second kappa shape index (κ2) is 8.11. The molecule has 2 aromatic carbocycles. The maximum absolute atomic E-state index is 12.2. The minimum absolute atomic E-state index is 0.172. The maximum Gasteiger partial charge on any atom is 0.251 e. The third-order valence-electron chi connectivity index (χ3n) is 3.88. The number of carbonyl (C=O) groups is 2. The topological polar surface area (TPSA) is 80.3 Å². The predicted molar refractivity (Wildman–Crippen MR) is 100 cm³/mol. The molecule has 26 heavy (non-hydrogen) atoms. The molecular weight excluding hydrogens is 330 g/mol. The van der Waals surface area contributed by atoms with Gasteiger partial charge in [0.05, 0.1) is 19.0 Å². The van der Waals surface area contributed by atoms with E-state index in [4.69, 9.17) is 4.74 Å². The fraction of sp³-hybridized carbons (Fsp3) is 0.150. The molecule has 0 fully saturated rings. The molecule has 0 unspecified atom stereocenters. The number of nitrogens with one attached hydrogen (secondary N) is 2. The van der Waals surface area contributed by atoms with Gasteiger partial charge in [-0.05, 0) is 29.0 Å². The van der Waals surface area contributed by atoms with E-state index in [9.17, 15) is 9.59 Å². The SMILES string of the molecule is COc1ccc(NC(=O)CCNC(=O)c2ccc3ccccc3c2)cn1. The predicted octanol–water partition coefficient (Wildman–Crippen LogP) is 3.00. The van der Waals surface area contributed by atoms with Gasteiger partial charge in [0.25, 0.3) is 5.91 Å². The van der Waals surface area contributed by atoms with Crippen LogP contribution >= 0.6 is 0 Å². The van der Waals surface area contributed by atoms with Crippen molar-refractivity contribution in [2.24, 2.45) is 0 Å². The molecule has 0 aliphatic rings. The van der Waals surface area contributed by atoms with Crippen LogP contribution in [0.3, 0.4) is 0 Å². The molecule has 3 rings (SSSR count). The number of ether oxygens (including phenoxy) is 1. The number of amides is 2. The molecule has 0 radical (unpaired) electrons. The number of fused-ring (bicyclic) bond motifs is 1. The molecule has 132 valence electrons. The highest BCUT2D eigenvalue weighted by atomic mass is 16.5. The minimum atomic E-state index is -0.199. The van der Waals surface area contributed by atoms with Gasteiger partial charge in [-0.2, -0.15) is 0 Å². The highest BCUT2D eigenvalue weighted by Crippen LogP contribution is 2.15. The monoisotopic (exact) mass is 349 g/mol. The molecular formula is C20H19N3O3. The quantitative estimate of drug-likeness (QED) is 0.717. The summed E-state index contributed by atoms with van der Waals surface area (Å²) in [5, 5.41) is 7.57. The fourth-order valence-corrected chi connectivity index (χ4v) is 2.52. The first-order valence-electron chi connectivity index (χ1n) is 8.22. The van der Waals surface area contributed by atoms with E-state index in [2.05, 4.69) is 15.6 Å². The van der Waals surface area contributed by atoms with Crippen LogP contribution in [0, 0.1) is 0 Å². The largest absolute Gasteiger partial charge is 0.481 e. The van der Waals surface area contributed by atoms with Gasteiger partial charge in [0.15, 0.2) is 0 Å². The van der Waals surface area contributed by atoms with Crippen molar-refractivity contribution < 1.29 is 14.3 Å². The van der Waals surface area contributed by atoms with Crippen molar-refractivity contribution in [1.82, 2.24) is 10.3 Å². The zero-order valence-corrected chi connectivity index (χ0v) is 14.4. The van der Waals surface area contributed by atoms with Gasteiger partial charge < -0.3 is 15.4 Å². The van der Waals surface area contributed by atoms with Crippen molar-refractivity contribution in [2.75, 3.05) is 19.0 Å². The van der Waals surface area contributed by atoms with Gasteiger partial charge in [-0.1, -0.05) is 30.3 Å². The van der Waals surface area contributed by atoms with Gasteiger partial charge in [0.1, 0.15) is 0 Å². The number of nitrogens with zero attached hydrogens (tertiary/aromatic N) is 1. The number of anilines is 1. The number of rotatable bonds is 6. The Hall–Kier alpha value is -3.41. The Kier molecular flexibility index (Phi) is 5.43. The fourth-order valence-electron chi connectivity index (χ4n) is 2.52. The van der Waals surface area contributed by atoms with E-state index >= 15 is 0 Å². The average molecular weight is 349 g/mol. The lowest BCUT2D eigenvalue weighted by Gasteiger charge is -2.08. The average Bonchev–Trinajstić information content (AvgIpc) is 2.68. The summed E-state index contributed by atoms with van der Waals surface area (Å²) in [6, 6.07) is 16.7. The molecule has 3 aromatic rings. The number of hydrogen-bond donors (Lipinski definition) is 2. The van der Waals surface area contributed by atoms with E-state index in [0.29, 0.717) is 17.1 Å². The van der Waals surface area contributed by atoms with Crippen LogP contribution in [0.2, 0.25) is 0 Å². The number of benzene rings is 2. The summed E-state index contributed by atoms with van der Waals surface area (Å²) in [5.41, 5.74) is 1.15. The molecule has 0 saturated heterocycles. The molecule has 0 spiro atoms. The molecule has 6 heteroatoms. The van der Waals surface area contributed by atoms with Crippen LogP contribution in [0.1, 0.15) is 16.8 Å². The molecule has 0 aliphatic carbocycles. The van der Waals surface area contributed by atoms with Crippen LogP contribution < -0.4 is 15.4 Å². The van der Waals surface area contributed by atoms with Crippen LogP contribution in [0.15, 0.2) is 60.8 Å². The molecule has 6 nitrogen and oxygen atoms in total. The Labute approximate surface area is 151 Å². The lowest BCUT2D eigenvalue weighted by Crippen LogP contribution is -2.27. The van der Waals surface area contributed by atoms with E-state index in [1.807, 2.05) is 36.4 Å². The summed E-state index contributed by atoms with van der Waals surface area (Å²) in [6.07, 6.45) is 1.69. The summed E-state index contributed by atoms with van der Waals surface area (Å²) in [5.74, 6) is 0.0797. The van der Waals surface area contributed by atoms with Crippen LogP contribution in [-0.2, 0) is 4.79 Å². The van der Waals surface area contributed by atoms with Gasteiger partial charge in [-0.25, -0.2) is 4.98 Å². The van der Waals surface area contributed by atoms with E-state index < -0.39 is 0 Å². The summed E-state index contributed by atoms with van der Waals surface area (Å²) in [7, 11) is 1.53. The standard InChI is InChI=1S/C20H19N3O3/c1-26-19-9-8-17(13-22-19)23-18(24)10-11-21-20(25)16-7-6-14-4-2-3-5-15(14)12-16/h2-9,12-13H,10-11H2,1H3,(H,21,25)(H,23,24). The zero-order valence-electron chi connectivity index (χ0n) is 14.4. The highest BCUT2D eigenvalue weighted by molar-refractivity contribution is 5.99. The molecule has 2 amide bonds. The summed E-state index contributed by atoms with van der Waals surface area (Å²) < 4.78 is 4.96. The first kappa shape index (κ1) is 17.4. The Morgan fingerprint density at radius 2 is 1.85 bits per heavy atom. The highest BCUT2D eigenvalue weighted by Gasteiger charge is 2.08. The van der Waals surface area contributed by atoms with E-state index in [-0.39, 0.29) is 24.8 Å². The Morgan fingerprint density at radius 3 is 2.58 bits per heavy atom. The number of pyridine rings is 1. The van der Waals surface area contributed by atoms with Crippen LogP contribution in [0.25, 0.3) is 10.8 Å². The maximum atomic E-state index is 12.2. The van der Waals surface area contributed by atoms with Crippen molar-refractivity contribution in [3.05, 3.63) is 66.4 Å². The molecule has 0 atom stereocenters. The third-order valence-corrected chi connectivity index (χ3v) is 3.88. The van der Waals surface area contributed by atoms with Gasteiger partial charge >= 0.3 is 0 Å². The van der Waals surface area contributed by atoms with E-state index in [1.54, 1.807) is 18.2 Å². The second-order valence-corrected chi connectivity index (χ2v) is 5.71. The van der Waals surface area contributed by atoms with Crippen molar-refractivity contribution in [3.8, 4) is 5.88 Å². The first-order chi connectivity index (χ1) is 12.7. The smallest absolute Gasteiger partial charge is 0.251 e. The zero-order chi connectivity index (χ0) is 18.4. The van der Waals surface area contributed by atoms with E-state index in [0.717, 1.165) is 10.8 Å². The number of carbonyl (C=O) groups excluding carboxylic acids is 2. The Balaban J connectivity index is 1.49. The molecule has 1 aromatic heterocycles. The van der Waals surface area contributed by atoms with Gasteiger partial charge in [-0.15, -0.1) is 0 Å². The summed E-state index contributed by atoms with van der Waals surface area (Å²) in [6.45, 7) is 0.251. The van der Waals surface area contributed by atoms with Crippen molar-refractivity contribution in [2.45, 2.75) is 6.42 Å². The Morgan fingerprint density at radius 1 is 1.04 bits per heavy atom. The lowest BCUT2D eigenvalue weighted by atomic mass is 10.1. The van der Waals surface area contributed by atoms with Crippen molar-refractivity contribution >= 4 is 28.3 Å². The van der Waals surface area contributed by atoms with Gasteiger partial charge in [0.2, 0.25) is 11.8 Å².